The van der Waals surface area contributed by atoms with Gasteiger partial charge in [-0.15, -0.1) is 0 Å². The van der Waals surface area contributed by atoms with Crippen LogP contribution in [-0.2, 0) is 10.0 Å². The van der Waals surface area contributed by atoms with Crippen LogP contribution >= 0.6 is 0 Å². The Morgan fingerprint density at radius 2 is 1.87 bits per heavy atom. The summed E-state index contributed by atoms with van der Waals surface area (Å²) in [5, 5.41) is 22.0. The van der Waals surface area contributed by atoms with Crippen LogP contribution < -0.4 is 0 Å². The predicted molar refractivity (Wildman–Crippen MR) is 116 cm³/mol. The second kappa shape index (κ2) is 7.46. The van der Waals surface area contributed by atoms with E-state index in [-0.39, 0.29) is 18.5 Å². The van der Waals surface area contributed by atoms with Crippen molar-refractivity contribution in [2.45, 2.75) is 61.1 Å². The third-order valence-corrected chi connectivity index (χ3v) is 9.53. The third-order valence-electron chi connectivity index (χ3n) is 7.61. The number of nitrogens with zero attached hydrogens (tertiary/aromatic N) is 2. The van der Waals surface area contributed by atoms with Gasteiger partial charge in [-0.2, -0.15) is 4.31 Å². The van der Waals surface area contributed by atoms with Crippen molar-refractivity contribution in [3.63, 3.8) is 0 Å². The van der Waals surface area contributed by atoms with Gasteiger partial charge in [-0.1, -0.05) is 36.4 Å². The van der Waals surface area contributed by atoms with Gasteiger partial charge in [0.2, 0.25) is 10.0 Å². The number of benzene rings is 2. The van der Waals surface area contributed by atoms with Gasteiger partial charge in [-0.25, -0.2) is 13.2 Å². The van der Waals surface area contributed by atoms with Gasteiger partial charge in [0, 0.05) is 24.5 Å². The molecule has 2 aromatic carbocycles. The number of hydrogen-bond donors (Lipinski definition) is 2. The summed E-state index contributed by atoms with van der Waals surface area (Å²) in [6, 6.07) is 12.6. The molecule has 3 saturated heterocycles. The molecule has 5 rings (SSSR count). The van der Waals surface area contributed by atoms with Crippen LogP contribution in [0.1, 0.15) is 38.5 Å². The molecular formula is C23H28N2O5S. The van der Waals surface area contributed by atoms with Crippen molar-refractivity contribution >= 4 is 26.9 Å². The first-order valence-corrected chi connectivity index (χ1v) is 12.5. The van der Waals surface area contributed by atoms with E-state index in [0.29, 0.717) is 42.5 Å². The zero-order valence-electron chi connectivity index (χ0n) is 17.4. The fraction of sp³-hybridized carbons (Fsp3) is 0.522. The molecule has 2 aromatic rings. The van der Waals surface area contributed by atoms with Gasteiger partial charge in [0.1, 0.15) is 0 Å². The van der Waals surface area contributed by atoms with Gasteiger partial charge in [0.15, 0.2) is 0 Å². The first kappa shape index (κ1) is 20.7. The molecule has 0 saturated carbocycles. The van der Waals surface area contributed by atoms with Crippen molar-refractivity contribution in [2.24, 2.45) is 5.92 Å². The second-order valence-electron chi connectivity index (χ2n) is 9.22. The van der Waals surface area contributed by atoms with Crippen LogP contribution in [0.5, 0.6) is 0 Å². The highest BCUT2D eigenvalue weighted by Crippen LogP contribution is 2.51. The number of carboxylic acid groups (broad SMARTS) is 1. The summed E-state index contributed by atoms with van der Waals surface area (Å²) in [6.07, 6.45) is 2.25. The number of aliphatic hydroxyl groups excluding tert-OH is 1. The van der Waals surface area contributed by atoms with Crippen molar-refractivity contribution in [2.75, 3.05) is 13.1 Å². The van der Waals surface area contributed by atoms with Crippen LogP contribution in [0, 0.1) is 5.92 Å². The minimum atomic E-state index is -3.73. The Morgan fingerprint density at radius 3 is 2.68 bits per heavy atom. The molecule has 0 spiro atoms. The van der Waals surface area contributed by atoms with Crippen LogP contribution in [0.3, 0.4) is 0 Å². The van der Waals surface area contributed by atoms with E-state index >= 15 is 0 Å². The lowest BCUT2D eigenvalue weighted by atomic mass is 9.73. The number of hydrogen-bond acceptors (Lipinski definition) is 4. The first-order chi connectivity index (χ1) is 14.8. The molecule has 3 aliphatic rings. The molecule has 3 fully saturated rings. The molecule has 0 radical (unpaired) electrons. The average Bonchev–Trinajstić information content (AvgIpc) is 3.02. The van der Waals surface area contributed by atoms with Gasteiger partial charge in [-0.3, -0.25) is 4.90 Å². The highest BCUT2D eigenvalue weighted by Gasteiger charge is 2.58. The van der Waals surface area contributed by atoms with Gasteiger partial charge >= 0.3 is 6.09 Å². The van der Waals surface area contributed by atoms with Crippen LogP contribution in [0.4, 0.5) is 4.79 Å². The van der Waals surface area contributed by atoms with E-state index < -0.39 is 27.8 Å². The average molecular weight is 445 g/mol. The predicted octanol–water partition coefficient (Wildman–Crippen LogP) is 3.28. The summed E-state index contributed by atoms with van der Waals surface area (Å²) in [4.78, 5) is 14.0. The van der Waals surface area contributed by atoms with Crippen molar-refractivity contribution in [1.82, 2.24) is 9.21 Å². The number of sulfonamides is 1. The third kappa shape index (κ3) is 3.23. The molecule has 4 atom stereocenters. The van der Waals surface area contributed by atoms with E-state index in [0.717, 1.165) is 18.2 Å². The lowest BCUT2D eigenvalue weighted by Crippen LogP contribution is -2.62. The summed E-state index contributed by atoms with van der Waals surface area (Å²) in [5.74, 6) is -0.123. The van der Waals surface area contributed by atoms with Gasteiger partial charge < -0.3 is 10.2 Å². The number of piperidine rings is 2. The lowest BCUT2D eigenvalue weighted by Gasteiger charge is -2.51. The molecular weight excluding hydrogens is 416 g/mol. The lowest BCUT2D eigenvalue weighted by molar-refractivity contribution is -0.0461. The Balaban J connectivity index is 1.50. The van der Waals surface area contributed by atoms with E-state index in [1.807, 2.05) is 30.3 Å². The van der Waals surface area contributed by atoms with Crippen LogP contribution in [0.25, 0.3) is 10.8 Å². The first-order valence-electron chi connectivity index (χ1n) is 11.0. The van der Waals surface area contributed by atoms with Crippen LogP contribution in [-0.4, -0.2) is 64.7 Å². The molecule has 166 valence electrons. The van der Waals surface area contributed by atoms with Crippen molar-refractivity contribution in [3.8, 4) is 0 Å². The molecule has 2 N–H and O–H groups in total. The topological polar surface area (TPSA) is 98.2 Å². The molecule has 4 unspecified atom stereocenters. The number of rotatable bonds is 3. The maximum atomic E-state index is 13.7. The Kier molecular flexibility index (Phi) is 4.99. The highest BCUT2D eigenvalue weighted by atomic mass is 32.2. The number of carbonyl (C=O) groups is 1. The molecule has 3 heterocycles. The summed E-state index contributed by atoms with van der Waals surface area (Å²) in [6.45, 7) is 0.714. The molecule has 31 heavy (non-hydrogen) atoms. The number of fused-ring (bicyclic) bond motifs is 3. The smallest absolute Gasteiger partial charge is 0.408 e. The van der Waals surface area contributed by atoms with E-state index in [4.69, 9.17) is 0 Å². The number of amides is 1. The minimum absolute atomic E-state index is 0.123. The highest BCUT2D eigenvalue weighted by molar-refractivity contribution is 7.89. The van der Waals surface area contributed by atoms with Crippen LogP contribution in [0.15, 0.2) is 47.4 Å². The fourth-order valence-electron chi connectivity index (χ4n) is 6.33. The Morgan fingerprint density at radius 1 is 1.10 bits per heavy atom. The normalized spacial score (nSPS) is 31.8. The second-order valence-corrected chi connectivity index (χ2v) is 11.1. The van der Waals surface area contributed by atoms with E-state index in [9.17, 15) is 23.4 Å². The molecule has 8 heteroatoms. The monoisotopic (exact) mass is 444 g/mol. The summed E-state index contributed by atoms with van der Waals surface area (Å²) in [7, 11) is -3.73. The SMILES string of the molecule is O=C(O)N1C2CCC1(C1CCCN(S(=O)(=O)c3cccc4ccccc34)C1)CC(O)C2. The molecule has 0 aliphatic carbocycles. The maximum absolute atomic E-state index is 13.7. The molecule has 1 amide bonds. The zero-order chi connectivity index (χ0) is 21.8. The molecule has 0 aromatic heterocycles. The van der Waals surface area contributed by atoms with E-state index in [1.165, 1.54) is 4.31 Å². The Labute approximate surface area is 182 Å². The molecule has 3 aliphatic heterocycles. The summed E-state index contributed by atoms with van der Waals surface area (Å²) in [5.41, 5.74) is -0.679. The van der Waals surface area contributed by atoms with Crippen molar-refractivity contribution in [1.29, 1.82) is 0 Å². The largest absolute Gasteiger partial charge is 0.465 e. The summed E-state index contributed by atoms with van der Waals surface area (Å²) < 4.78 is 28.9. The Bertz CT molecular complexity index is 1110. The minimum Gasteiger partial charge on any atom is -0.465 e. The maximum Gasteiger partial charge on any atom is 0.408 e. The van der Waals surface area contributed by atoms with E-state index in [2.05, 4.69) is 0 Å². The Hall–Kier alpha value is -2.16. The van der Waals surface area contributed by atoms with Crippen molar-refractivity contribution in [3.05, 3.63) is 42.5 Å². The molecule has 7 nitrogen and oxygen atoms in total. The van der Waals surface area contributed by atoms with E-state index in [1.54, 1.807) is 17.0 Å². The summed E-state index contributed by atoms with van der Waals surface area (Å²) >= 11 is 0. The quantitative estimate of drug-likeness (QED) is 0.757. The molecule has 2 bridgehead atoms. The van der Waals surface area contributed by atoms with Crippen LogP contribution in [0.2, 0.25) is 0 Å². The number of aliphatic hydroxyl groups is 1. The van der Waals surface area contributed by atoms with Gasteiger partial charge in [0.05, 0.1) is 16.5 Å². The zero-order valence-corrected chi connectivity index (χ0v) is 18.2. The fourth-order valence-corrected chi connectivity index (χ4v) is 8.07. The van der Waals surface area contributed by atoms with Gasteiger partial charge in [0.25, 0.3) is 0 Å². The standard InChI is InChI=1S/C23H28N2O5S/c26-19-13-18-10-11-23(14-19,25(18)22(27)28)17-7-4-12-24(15-17)31(29,30)21-9-3-6-16-5-1-2-8-20(16)21/h1-3,5-6,8-9,17-19,26H,4,7,10-15H2,(H,27,28). The van der Waals surface area contributed by atoms with Gasteiger partial charge in [-0.05, 0) is 55.9 Å². The van der Waals surface area contributed by atoms with Crippen molar-refractivity contribution < 1.29 is 23.4 Å².